The van der Waals surface area contributed by atoms with Crippen molar-refractivity contribution in [1.29, 1.82) is 0 Å². The Morgan fingerprint density at radius 3 is 2.43 bits per heavy atom. The average molecular weight is 329 g/mol. The monoisotopic (exact) mass is 328 g/mol. The van der Waals surface area contributed by atoms with Crippen LogP contribution in [0.3, 0.4) is 0 Å². The van der Waals surface area contributed by atoms with Gasteiger partial charge in [0.05, 0.1) is 0 Å². The highest BCUT2D eigenvalue weighted by atomic mass is 35.5. The van der Waals surface area contributed by atoms with Gasteiger partial charge in [0.2, 0.25) is 0 Å². The molecule has 1 aromatic heterocycles. The van der Waals surface area contributed by atoms with Crippen LogP contribution in [-0.4, -0.2) is 0 Å². The van der Waals surface area contributed by atoms with Crippen LogP contribution in [0.25, 0.3) is 21.9 Å². The fraction of sp³-hybridized carbons (Fsp3) is 0.0526. The van der Waals surface area contributed by atoms with Crippen molar-refractivity contribution in [2.45, 2.75) is 6.42 Å². The van der Waals surface area contributed by atoms with E-state index in [2.05, 4.69) is 0 Å². The molecule has 114 valence electrons. The second kappa shape index (κ2) is 5.36. The van der Waals surface area contributed by atoms with E-state index in [0.29, 0.717) is 17.0 Å². The second-order valence-electron chi connectivity index (χ2n) is 5.46. The minimum absolute atomic E-state index is 0.312. The molecule has 3 aromatic carbocycles. The molecule has 0 radical (unpaired) electrons. The number of fused-ring (bicyclic) bond motifs is 3. The zero-order chi connectivity index (χ0) is 16.0. The van der Waals surface area contributed by atoms with E-state index in [9.17, 15) is 8.78 Å². The number of furan rings is 1. The number of hydrogen-bond donors (Lipinski definition) is 0. The first-order valence-corrected chi connectivity index (χ1v) is 7.53. The average Bonchev–Trinajstić information content (AvgIpc) is 2.89. The van der Waals surface area contributed by atoms with Gasteiger partial charge in [-0.3, -0.25) is 0 Å². The van der Waals surface area contributed by atoms with Gasteiger partial charge >= 0.3 is 0 Å². The molecule has 0 amide bonds. The zero-order valence-corrected chi connectivity index (χ0v) is 12.7. The molecule has 4 rings (SSSR count). The maximum Gasteiger partial charge on any atom is 0.162 e. The molecule has 0 N–H and O–H groups in total. The van der Waals surface area contributed by atoms with Gasteiger partial charge < -0.3 is 4.42 Å². The summed E-state index contributed by atoms with van der Waals surface area (Å²) < 4.78 is 32.9. The highest BCUT2D eigenvalue weighted by Crippen LogP contribution is 2.32. The summed E-state index contributed by atoms with van der Waals surface area (Å²) in [6, 6.07) is 15.3. The molecule has 0 bridgehead atoms. The molecular formula is C19H11ClF2O. The molecule has 0 saturated carbocycles. The van der Waals surface area contributed by atoms with Gasteiger partial charge in [0.1, 0.15) is 11.2 Å². The Hall–Kier alpha value is -2.39. The first kappa shape index (κ1) is 14.2. The van der Waals surface area contributed by atoms with Crippen LogP contribution in [-0.2, 0) is 6.42 Å². The van der Waals surface area contributed by atoms with Crippen molar-refractivity contribution in [3.63, 3.8) is 0 Å². The van der Waals surface area contributed by atoms with Crippen LogP contribution in [0.4, 0.5) is 8.78 Å². The van der Waals surface area contributed by atoms with Crippen LogP contribution in [0.2, 0.25) is 5.02 Å². The van der Waals surface area contributed by atoms with E-state index < -0.39 is 11.6 Å². The van der Waals surface area contributed by atoms with Crippen LogP contribution >= 0.6 is 11.6 Å². The van der Waals surface area contributed by atoms with Crippen molar-refractivity contribution in [2.24, 2.45) is 0 Å². The van der Waals surface area contributed by atoms with Gasteiger partial charge in [-0.25, -0.2) is 8.78 Å². The van der Waals surface area contributed by atoms with Crippen LogP contribution in [0.5, 0.6) is 0 Å². The molecule has 0 atom stereocenters. The molecule has 1 heterocycles. The lowest BCUT2D eigenvalue weighted by atomic mass is 10.0. The van der Waals surface area contributed by atoms with E-state index in [1.807, 2.05) is 30.3 Å². The third-order valence-corrected chi connectivity index (χ3v) is 4.16. The summed E-state index contributed by atoms with van der Waals surface area (Å²) in [6.45, 7) is 0. The molecule has 1 nitrogen and oxygen atoms in total. The smallest absolute Gasteiger partial charge is 0.162 e. The predicted molar refractivity (Wildman–Crippen MR) is 87.9 cm³/mol. The molecule has 0 aliphatic heterocycles. The standard InChI is InChI=1S/C19H11ClF2O/c20-13-5-7-18-15(10-13)14-9-11(4-6-17(14)23-18)8-12-2-1-3-16(21)19(12)22/h1-7,9-10H,8H2. The van der Waals surface area contributed by atoms with E-state index >= 15 is 0 Å². The largest absolute Gasteiger partial charge is 0.456 e. The fourth-order valence-electron chi connectivity index (χ4n) is 2.81. The van der Waals surface area contributed by atoms with Crippen molar-refractivity contribution in [3.8, 4) is 0 Å². The van der Waals surface area contributed by atoms with Crippen LogP contribution < -0.4 is 0 Å². The first-order valence-electron chi connectivity index (χ1n) is 7.15. The molecular weight excluding hydrogens is 318 g/mol. The predicted octanol–water partition coefficient (Wildman–Crippen LogP) is 6.11. The van der Waals surface area contributed by atoms with Crippen LogP contribution in [0.15, 0.2) is 59.0 Å². The highest BCUT2D eigenvalue weighted by Gasteiger charge is 2.11. The summed E-state index contributed by atoms with van der Waals surface area (Å²) in [5, 5.41) is 2.45. The van der Waals surface area contributed by atoms with Crippen LogP contribution in [0, 0.1) is 11.6 Å². The summed E-state index contributed by atoms with van der Waals surface area (Å²) in [5.41, 5.74) is 2.70. The Labute approximate surface area is 136 Å². The van der Waals surface area contributed by atoms with Gasteiger partial charge in [-0.15, -0.1) is 0 Å². The molecule has 0 saturated heterocycles. The van der Waals surface area contributed by atoms with Crippen molar-refractivity contribution in [1.82, 2.24) is 0 Å². The first-order chi connectivity index (χ1) is 11.1. The third-order valence-electron chi connectivity index (χ3n) is 3.92. The topological polar surface area (TPSA) is 13.1 Å². The summed E-state index contributed by atoms with van der Waals surface area (Å²) in [5.74, 6) is -1.63. The number of hydrogen-bond acceptors (Lipinski definition) is 1. The summed E-state index contributed by atoms with van der Waals surface area (Å²) in [7, 11) is 0. The SMILES string of the molecule is Fc1cccc(Cc2ccc3oc4ccc(Cl)cc4c3c2)c1F. The summed E-state index contributed by atoms with van der Waals surface area (Å²) in [4.78, 5) is 0. The third kappa shape index (κ3) is 2.47. The molecule has 0 spiro atoms. The maximum absolute atomic E-state index is 13.8. The zero-order valence-electron chi connectivity index (χ0n) is 11.9. The molecule has 0 aliphatic rings. The molecule has 4 aromatic rings. The van der Waals surface area contributed by atoms with Gasteiger partial charge in [-0.05, 0) is 47.5 Å². The maximum atomic E-state index is 13.8. The normalized spacial score (nSPS) is 11.4. The van der Waals surface area contributed by atoms with Crippen molar-refractivity contribution < 1.29 is 13.2 Å². The van der Waals surface area contributed by atoms with Gasteiger partial charge in [0.25, 0.3) is 0 Å². The Balaban J connectivity index is 1.83. The second-order valence-corrected chi connectivity index (χ2v) is 5.90. The van der Waals surface area contributed by atoms with Gasteiger partial charge in [0, 0.05) is 22.2 Å². The van der Waals surface area contributed by atoms with E-state index in [0.717, 1.165) is 33.6 Å². The molecule has 23 heavy (non-hydrogen) atoms. The van der Waals surface area contributed by atoms with Crippen molar-refractivity contribution >= 4 is 33.5 Å². The van der Waals surface area contributed by atoms with Crippen molar-refractivity contribution in [2.75, 3.05) is 0 Å². The minimum Gasteiger partial charge on any atom is -0.456 e. The van der Waals surface area contributed by atoms with E-state index in [1.165, 1.54) is 6.07 Å². The van der Waals surface area contributed by atoms with Gasteiger partial charge in [-0.1, -0.05) is 29.8 Å². The quantitative estimate of drug-likeness (QED) is 0.433. The number of halogens is 3. The Morgan fingerprint density at radius 2 is 1.61 bits per heavy atom. The summed E-state index contributed by atoms with van der Waals surface area (Å²) >= 11 is 6.05. The Morgan fingerprint density at radius 1 is 0.870 bits per heavy atom. The van der Waals surface area contributed by atoms with Gasteiger partial charge in [0.15, 0.2) is 11.6 Å². The van der Waals surface area contributed by atoms with Gasteiger partial charge in [-0.2, -0.15) is 0 Å². The molecule has 0 unspecified atom stereocenters. The lowest BCUT2D eigenvalue weighted by molar-refractivity contribution is 0.501. The number of benzene rings is 3. The Kier molecular flexibility index (Phi) is 3.31. The van der Waals surface area contributed by atoms with Crippen molar-refractivity contribution in [3.05, 3.63) is 82.4 Å². The Bertz CT molecular complexity index is 1040. The van der Waals surface area contributed by atoms with E-state index in [1.54, 1.807) is 12.1 Å². The lowest BCUT2D eigenvalue weighted by Gasteiger charge is -2.04. The minimum atomic E-state index is -0.830. The van der Waals surface area contributed by atoms with E-state index in [-0.39, 0.29) is 0 Å². The molecule has 0 aliphatic carbocycles. The van der Waals surface area contributed by atoms with Crippen LogP contribution in [0.1, 0.15) is 11.1 Å². The molecule has 0 fully saturated rings. The summed E-state index contributed by atoms with van der Waals surface area (Å²) in [6.07, 6.45) is 0.312. The number of rotatable bonds is 2. The molecule has 4 heteroatoms. The highest BCUT2D eigenvalue weighted by molar-refractivity contribution is 6.31. The fourth-order valence-corrected chi connectivity index (χ4v) is 2.98. The van der Waals surface area contributed by atoms with E-state index in [4.69, 9.17) is 16.0 Å². The lowest BCUT2D eigenvalue weighted by Crippen LogP contribution is -1.95.